The molecule has 0 amide bonds. The van der Waals surface area contributed by atoms with Gasteiger partial charge in [0, 0.05) is 23.3 Å². The monoisotopic (exact) mass is 297 g/mol. The quantitative estimate of drug-likeness (QED) is 0.849. The largest absolute Gasteiger partial charge is 0.366 e. The molecule has 2 unspecified atom stereocenters. The van der Waals surface area contributed by atoms with Gasteiger partial charge in [-0.15, -0.1) is 0 Å². The predicted octanol–water partition coefficient (Wildman–Crippen LogP) is 4.09. The summed E-state index contributed by atoms with van der Waals surface area (Å²) >= 11 is 8.07. The lowest BCUT2D eigenvalue weighted by atomic mass is 9.95. The number of halogens is 1. The molecule has 2 aliphatic carbocycles. The first-order valence-corrected chi connectivity index (χ1v) is 8.76. The van der Waals surface area contributed by atoms with Gasteiger partial charge in [-0.3, -0.25) is 0 Å². The van der Waals surface area contributed by atoms with Crippen molar-refractivity contribution in [1.82, 2.24) is 9.97 Å². The molecule has 0 radical (unpaired) electrons. The summed E-state index contributed by atoms with van der Waals surface area (Å²) in [5.74, 6) is 2.38. The van der Waals surface area contributed by atoms with Gasteiger partial charge in [0.1, 0.15) is 16.8 Å². The van der Waals surface area contributed by atoms with Crippen LogP contribution in [0.2, 0.25) is 5.15 Å². The third kappa shape index (κ3) is 3.34. The smallest absolute Gasteiger partial charge is 0.135 e. The van der Waals surface area contributed by atoms with Crippen molar-refractivity contribution in [3.05, 3.63) is 17.0 Å². The molecule has 3 nitrogen and oxygen atoms in total. The fraction of sp³-hybridized carbons (Fsp3) is 0.714. The van der Waals surface area contributed by atoms with Crippen LogP contribution in [0.15, 0.2) is 6.07 Å². The maximum absolute atomic E-state index is 6.11. The SMILES string of the molecule is CSC1CCCCC1Nc1cc(Cl)nc(C2CC2)n1. The zero-order chi connectivity index (χ0) is 13.2. The van der Waals surface area contributed by atoms with Crippen LogP contribution in [0.25, 0.3) is 0 Å². The molecule has 1 heterocycles. The number of rotatable bonds is 4. The molecule has 5 heteroatoms. The van der Waals surface area contributed by atoms with Gasteiger partial charge >= 0.3 is 0 Å². The van der Waals surface area contributed by atoms with Crippen molar-refractivity contribution in [3.8, 4) is 0 Å². The van der Waals surface area contributed by atoms with Gasteiger partial charge in [-0.1, -0.05) is 24.4 Å². The summed E-state index contributed by atoms with van der Waals surface area (Å²) in [6, 6.07) is 2.38. The summed E-state index contributed by atoms with van der Waals surface area (Å²) in [6.07, 6.45) is 9.80. The molecule has 2 fully saturated rings. The van der Waals surface area contributed by atoms with Gasteiger partial charge in [0.25, 0.3) is 0 Å². The lowest BCUT2D eigenvalue weighted by Crippen LogP contribution is -2.34. The average Bonchev–Trinajstić information content (AvgIpc) is 3.23. The van der Waals surface area contributed by atoms with E-state index < -0.39 is 0 Å². The van der Waals surface area contributed by atoms with E-state index in [2.05, 4.69) is 21.5 Å². The van der Waals surface area contributed by atoms with Crippen LogP contribution in [0.5, 0.6) is 0 Å². The van der Waals surface area contributed by atoms with Crippen molar-refractivity contribution in [2.45, 2.75) is 55.7 Å². The summed E-state index contributed by atoms with van der Waals surface area (Å²) in [5, 5.41) is 4.84. The number of aromatic nitrogens is 2. The maximum Gasteiger partial charge on any atom is 0.135 e. The van der Waals surface area contributed by atoms with Gasteiger partial charge in [0.2, 0.25) is 0 Å². The number of anilines is 1. The lowest BCUT2D eigenvalue weighted by molar-refractivity contribution is 0.474. The van der Waals surface area contributed by atoms with Crippen LogP contribution in [-0.4, -0.2) is 27.5 Å². The van der Waals surface area contributed by atoms with E-state index in [1.165, 1.54) is 38.5 Å². The maximum atomic E-state index is 6.11. The topological polar surface area (TPSA) is 37.8 Å². The number of thioether (sulfide) groups is 1. The van der Waals surface area contributed by atoms with Gasteiger partial charge < -0.3 is 5.32 Å². The first-order chi connectivity index (χ1) is 9.26. The Balaban J connectivity index is 1.74. The van der Waals surface area contributed by atoms with E-state index in [-0.39, 0.29) is 0 Å². The lowest BCUT2D eigenvalue weighted by Gasteiger charge is -2.31. The van der Waals surface area contributed by atoms with E-state index in [9.17, 15) is 0 Å². The van der Waals surface area contributed by atoms with Crippen molar-refractivity contribution in [1.29, 1.82) is 0 Å². The molecule has 104 valence electrons. The Bertz CT molecular complexity index is 450. The Labute approximate surface area is 123 Å². The normalized spacial score (nSPS) is 27.3. The van der Waals surface area contributed by atoms with Crippen LogP contribution < -0.4 is 5.32 Å². The first kappa shape index (κ1) is 13.5. The standard InChI is InChI=1S/C14H20ClN3S/c1-19-11-5-3-2-4-10(11)16-13-8-12(15)17-14(18-13)9-6-7-9/h8-11H,2-7H2,1H3,(H,16,17,18). The van der Waals surface area contributed by atoms with E-state index >= 15 is 0 Å². The second-order valence-electron chi connectivity index (χ2n) is 5.52. The van der Waals surface area contributed by atoms with E-state index in [1.54, 1.807) is 0 Å². The average molecular weight is 298 g/mol. The molecule has 3 rings (SSSR count). The molecule has 2 atom stereocenters. The highest BCUT2D eigenvalue weighted by atomic mass is 35.5. The van der Waals surface area contributed by atoms with Gasteiger partial charge in [-0.2, -0.15) is 11.8 Å². The van der Waals surface area contributed by atoms with Gasteiger partial charge in [0.15, 0.2) is 0 Å². The van der Waals surface area contributed by atoms with Crippen LogP contribution in [0.1, 0.15) is 50.3 Å². The molecule has 2 aliphatic rings. The minimum atomic E-state index is 0.516. The van der Waals surface area contributed by atoms with Crippen molar-refractivity contribution in [3.63, 3.8) is 0 Å². The zero-order valence-corrected chi connectivity index (χ0v) is 12.8. The van der Waals surface area contributed by atoms with Crippen LogP contribution in [0, 0.1) is 0 Å². The Morgan fingerprint density at radius 1 is 1.21 bits per heavy atom. The molecule has 0 saturated heterocycles. The third-order valence-corrected chi connectivity index (χ3v) is 5.36. The molecule has 0 spiro atoms. The van der Waals surface area contributed by atoms with Crippen molar-refractivity contribution >= 4 is 29.2 Å². The Hall–Kier alpha value is -0.480. The summed E-state index contributed by atoms with van der Waals surface area (Å²) < 4.78 is 0. The Kier molecular flexibility index (Phi) is 4.18. The molecule has 1 aromatic rings. The molecule has 0 aromatic carbocycles. The zero-order valence-electron chi connectivity index (χ0n) is 11.2. The second-order valence-corrected chi connectivity index (χ2v) is 6.98. The van der Waals surface area contributed by atoms with Crippen LogP contribution >= 0.6 is 23.4 Å². The fourth-order valence-electron chi connectivity index (χ4n) is 2.77. The number of hydrogen-bond acceptors (Lipinski definition) is 4. The van der Waals surface area contributed by atoms with Crippen molar-refractivity contribution in [2.24, 2.45) is 0 Å². The highest BCUT2D eigenvalue weighted by molar-refractivity contribution is 7.99. The van der Waals surface area contributed by atoms with E-state index in [4.69, 9.17) is 11.6 Å². The molecular weight excluding hydrogens is 278 g/mol. The molecule has 0 aliphatic heterocycles. The van der Waals surface area contributed by atoms with E-state index in [1.807, 2.05) is 17.8 Å². The third-order valence-electron chi connectivity index (χ3n) is 3.99. The molecule has 1 aromatic heterocycles. The number of nitrogens with one attached hydrogen (secondary N) is 1. The van der Waals surface area contributed by atoms with Gasteiger partial charge in [0.05, 0.1) is 0 Å². The minimum Gasteiger partial charge on any atom is -0.366 e. The summed E-state index contributed by atoms with van der Waals surface area (Å²) in [7, 11) is 0. The van der Waals surface area contributed by atoms with Crippen molar-refractivity contribution in [2.75, 3.05) is 11.6 Å². The molecule has 1 N–H and O–H groups in total. The highest BCUT2D eigenvalue weighted by Crippen LogP contribution is 2.39. The van der Waals surface area contributed by atoms with Crippen LogP contribution in [0.3, 0.4) is 0 Å². The van der Waals surface area contributed by atoms with Crippen molar-refractivity contribution < 1.29 is 0 Å². The Morgan fingerprint density at radius 2 is 2.00 bits per heavy atom. The van der Waals surface area contributed by atoms with Crippen LogP contribution in [-0.2, 0) is 0 Å². The van der Waals surface area contributed by atoms with Gasteiger partial charge in [-0.25, -0.2) is 9.97 Å². The highest BCUT2D eigenvalue weighted by Gasteiger charge is 2.28. The minimum absolute atomic E-state index is 0.516. The summed E-state index contributed by atoms with van der Waals surface area (Å²) in [6.45, 7) is 0. The summed E-state index contributed by atoms with van der Waals surface area (Å²) in [4.78, 5) is 8.98. The molecule has 0 bridgehead atoms. The molecule has 2 saturated carbocycles. The first-order valence-electron chi connectivity index (χ1n) is 7.10. The second kappa shape index (κ2) is 5.88. The molecular formula is C14H20ClN3S. The predicted molar refractivity (Wildman–Crippen MR) is 82.2 cm³/mol. The number of nitrogens with zero attached hydrogens (tertiary/aromatic N) is 2. The van der Waals surface area contributed by atoms with E-state index in [0.29, 0.717) is 22.4 Å². The van der Waals surface area contributed by atoms with Gasteiger partial charge in [-0.05, 0) is 31.9 Å². The van der Waals surface area contributed by atoms with E-state index in [0.717, 1.165) is 11.6 Å². The Morgan fingerprint density at radius 3 is 2.74 bits per heavy atom. The fourth-order valence-corrected chi connectivity index (χ4v) is 3.89. The molecule has 19 heavy (non-hydrogen) atoms. The van der Waals surface area contributed by atoms with Crippen LogP contribution in [0.4, 0.5) is 5.82 Å². The summed E-state index contributed by atoms with van der Waals surface area (Å²) in [5.41, 5.74) is 0. The number of hydrogen-bond donors (Lipinski definition) is 1.